The lowest BCUT2D eigenvalue weighted by Gasteiger charge is -2.28. The number of anilines is 3. The molecule has 0 saturated carbocycles. The number of benzene rings is 3. The molecule has 0 fully saturated rings. The van der Waals surface area contributed by atoms with Gasteiger partial charge in [-0.3, -0.25) is 4.79 Å². The molecule has 4 nitrogen and oxygen atoms in total. The van der Waals surface area contributed by atoms with Crippen molar-refractivity contribution in [1.82, 2.24) is 0 Å². The molecule has 0 aliphatic rings. The zero-order chi connectivity index (χ0) is 18.5. The molecule has 0 radical (unpaired) electrons. The van der Waals surface area contributed by atoms with Gasteiger partial charge in [-0.05, 0) is 43.3 Å². The molecule has 0 N–H and O–H groups in total. The van der Waals surface area contributed by atoms with Crippen molar-refractivity contribution >= 4 is 28.8 Å². The fourth-order valence-electron chi connectivity index (χ4n) is 2.90. The highest BCUT2D eigenvalue weighted by molar-refractivity contribution is 6.08. The number of hydrogen-bond acceptors (Lipinski definition) is 4. The van der Waals surface area contributed by atoms with E-state index in [1.807, 2.05) is 65.6 Å². The fraction of sp³-hybridized carbons (Fsp3) is 0.0909. The first-order valence-electron chi connectivity index (χ1n) is 8.26. The van der Waals surface area contributed by atoms with Crippen LogP contribution in [-0.2, 0) is 4.74 Å². The number of Topliss-reactive ketones (excluding diaryl/α,β-unsaturated/α-hetero) is 1. The molecular weight excluding hydrogens is 326 g/mol. The standard InChI is InChI=1S/C22H19NO3/c1-16(24)19-14-9-15-20(22(25)26-2)21(19)23(17-10-5-3-6-11-17)18-12-7-4-8-13-18/h3-15H,1-2H3. The Morgan fingerprint density at radius 1 is 0.731 bits per heavy atom. The van der Waals surface area contributed by atoms with Crippen LogP contribution in [0.15, 0.2) is 78.9 Å². The molecule has 0 unspecified atom stereocenters. The lowest BCUT2D eigenvalue weighted by atomic mass is 10.0. The van der Waals surface area contributed by atoms with Crippen molar-refractivity contribution in [1.29, 1.82) is 0 Å². The van der Waals surface area contributed by atoms with Crippen molar-refractivity contribution < 1.29 is 14.3 Å². The van der Waals surface area contributed by atoms with E-state index in [1.165, 1.54) is 14.0 Å². The maximum atomic E-state index is 12.4. The molecule has 0 spiro atoms. The van der Waals surface area contributed by atoms with Crippen LogP contribution in [0.2, 0.25) is 0 Å². The average molecular weight is 345 g/mol. The molecule has 0 aliphatic heterocycles. The lowest BCUT2D eigenvalue weighted by Crippen LogP contribution is -2.18. The van der Waals surface area contributed by atoms with Crippen LogP contribution in [0.5, 0.6) is 0 Å². The van der Waals surface area contributed by atoms with Crippen LogP contribution < -0.4 is 4.90 Å². The molecule has 0 saturated heterocycles. The SMILES string of the molecule is COC(=O)c1cccc(C(C)=O)c1N(c1ccccc1)c1ccccc1. The Balaban J connectivity index is 2.34. The topological polar surface area (TPSA) is 46.6 Å². The number of ether oxygens (including phenoxy) is 1. The van der Waals surface area contributed by atoms with Crippen LogP contribution in [0, 0.1) is 0 Å². The van der Waals surface area contributed by atoms with Crippen LogP contribution in [0.3, 0.4) is 0 Å². The van der Waals surface area contributed by atoms with Gasteiger partial charge in [-0.25, -0.2) is 4.79 Å². The number of carbonyl (C=O) groups excluding carboxylic acids is 2. The normalized spacial score (nSPS) is 10.2. The van der Waals surface area contributed by atoms with E-state index in [2.05, 4.69) is 0 Å². The highest BCUT2D eigenvalue weighted by Crippen LogP contribution is 2.39. The summed E-state index contributed by atoms with van der Waals surface area (Å²) in [6.07, 6.45) is 0. The predicted octanol–water partition coefficient (Wildman–Crippen LogP) is 5.15. The molecule has 3 aromatic carbocycles. The first-order chi connectivity index (χ1) is 12.6. The third-order valence-corrected chi connectivity index (χ3v) is 4.07. The molecule has 0 atom stereocenters. The van der Waals surface area contributed by atoms with E-state index < -0.39 is 5.97 Å². The van der Waals surface area contributed by atoms with Crippen LogP contribution in [-0.4, -0.2) is 18.9 Å². The van der Waals surface area contributed by atoms with Crippen molar-refractivity contribution in [3.05, 3.63) is 90.0 Å². The summed E-state index contributed by atoms with van der Waals surface area (Å²) in [4.78, 5) is 26.6. The van der Waals surface area contributed by atoms with E-state index in [-0.39, 0.29) is 5.78 Å². The van der Waals surface area contributed by atoms with E-state index in [0.717, 1.165) is 11.4 Å². The Morgan fingerprint density at radius 3 is 1.69 bits per heavy atom. The summed E-state index contributed by atoms with van der Waals surface area (Å²) in [7, 11) is 1.34. The minimum absolute atomic E-state index is 0.123. The highest BCUT2D eigenvalue weighted by Gasteiger charge is 2.24. The van der Waals surface area contributed by atoms with Gasteiger partial charge in [0.2, 0.25) is 0 Å². The molecule has 0 heterocycles. The monoisotopic (exact) mass is 345 g/mol. The smallest absolute Gasteiger partial charge is 0.340 e. The summed E-state index contributed by atoms with van der Waals surface area (Å²) >= 11 is 0. The third kappa shape index (κ3) is 3.35. The second kappa shape index (κ2) is 7.66. The molecular formula is C22H19NO3. The number of ketones is 1. The van der Waals surface area contributed by atoms with E-state index in [9.17, 15) is 9.59 Å². The summed E-state index contributed by atoms with van der Waals surface area (Å²) in [5.74, 6) is -0.609. The second-order valence-electron chi connectivity index (χ2n) is 5.76. The minimum atomic E-state index is -0.486. The van der Waals surface area contributed by atoms with E-state index in [0.29, 0.717) is 16.8 Å². The third-order valence-electron chi connectivity index (χ3n) is 4.07. The van der Waals surface area contributed by atoms with Crippen molar-refractivity contribution in [3.8, 4) is 0 Å². The molecule has 0 aliphatic carbocycles. The second-order valence-corrected chi connectivity index (χ2v) is 5.76. The molecule has 0 bridgehead atoms. The molecule has 130 valence electrons. The number of carbonyl (C=O) groups is 2. The van der Waals surface area contributed by atoms with Gasteiger partial charge in [0, 0.05) is 16.9 Å². The van der Waals surface area contributed by atoms with Crippen molar-refractivity contribution in [2.75, 3.05) is 12.0 Å². The van der Waals surface area contributed by atoms with Gasteiger partial charge in [0.1, 0.15) is 0 Å². The molecule has 0 amide bonds. The number of hydrogen-bond donors (Lipinski definition) is 0. The lowest BCUT2D eigenvalue weighted by molar-refractivity contribution is 0.0601. The largest absolute Gasteiger partial charge is 0.465 e. The summed E-state index contributed by atoms with van der Waals surface area (Å²) in [6, 6.07) is 24.3. The summed E-state index contributed by atoms with van der Waals surface area (Å²) in [6.45, 7) is 1.49. The average Bonchev–Trinajstić information content (AvgIpc) is 2.69. The van der Waals surface area contributed by atoms with Gasteiger partial charge in [-0.15, -0.1) is 0 Å². The van der Waals surface area contributed by atoms with Crippen LogP contribution in [0.1, 0.15) is 27.6 Å². The molecule has 3 rings (SSSR count). The van der Waals surface area contributed by atoms with Gasteiger partial charge in [-0.2, -0.15) is 0 Å². The van der Waals surface area contributed by atoms with Gasteiger partial charge in [0.15, 0.2) is 5.78 Å². The van der Waals surface area contributed by atoms with Gasteiger partial charge in [0.05, 0.1) is 18.4 Å². The number of methoxy groups -OCH3 is 1. The van der Waals surface area contributed by atoms with Crippen molar-refractivity contribution in [2.24, 2.45) is 0 Å². The maximum Gasteiger partial charge on any atom is 0.340 e. The number of rotatable bonds is 5. The zero-order valence-electron chi connectivity index (χ0n) is 14.7. The zero-order valence-corrected chi connectivity index (χ0v) is 14.7. The van der Waals surface area contributed by atoms with Gasteiger partial charge in [-0.1, -0.05) is 42.5 Å². The first kappa shape index (κ1) is 17.4. The Morgan fingerprint density at radius 2 is 1.23 bits per heavy atom. The van der Waals surface area contributed by atoms with Crippen LogP contribution in [0.4, 0.5) is 17.1 Å². The molecule has 26 heavy (non-hydrogen) atoms. The first-order valence-corrected chi connectivity index (χ1v) is 8.26. The number of para-hydroxylation sites is 3. The van der Waals surface area contributed by atoms with E-state index >= 15 is 0 Å². The van der Waals surface area contributed by atoms with E-state index in [1.54, 1.807) is 18.2 Å². The van der Waals surface area contributed by atoms with Crippen molar-refractivity contribution in [2.45, 2.75) is 6.92 Å². The Kier molecular flexibility index (Phi) is 5.13. The molecule has 3 aromatic rings. The summed E-state index contributed by atoms with van der Waals surface area (Å²) in [5.41, 5.74) is 3.01. The maximum absolute atomic E-state index is 12.4. The number of esters is 1. The highest BCUT2D eigenvalue weighted by atomic mass is 16.5. The molecule has 4 heteroatoms. The Hall–Kier alpha value is -3.40. The summed E-state index contributed by atoms with van der Waals surface area (Å²) in [5, 5.41) is 0. The minimum Gasteiger partial charge on any atom is -0.465 e. The summed E-state index contributed by atoms with van der Waals surface area (Å²) < 4.78 is 4.96. The van der Waals surface area contributed by atoms with Crippen LogP contribution >= 0.6 is 0 Å². The van der Waals surface area contributed by atoms with Crippen molar-refractivity contribution in [3.63, 3.8) is 0 Å². The quantitative estimate of drug-likeness (QED) is 0.474. The van der Waals surface area contributed by atoms with Crippen LogP contribution in [0.25, 0.3) is 0 Å². The van der Waals surface area contributed by atoms with Gasteiger partial charge in [0.25, 0.3) is 0 Å². The van der Waals surface area contributed by atoms with Gasteiger partial charge >= 0.3 is 5.97 Å². The Labute approximate surface area is 152 Å². The predicted molar refractivity (Wildman–Crippen MR) is 102 cm³/mol. The van der Waals surface area contributed by atoms with Gasteiger partial charge < -0.3 is 9.64 Å². The fourth-order valence-corrected chi connectivity index (χ4v) is 2.90. The molecule has 0 aromatic heterocycles. The number of nitrogens with zero attached hydrogens (tertiary/aromatic N) is 1. The Bertz CT molecular complexity index is 881. The van der Waals surface area contributed by atoms with E-state index in [4.69, 9.17) is 4.74 Å².